The number of rotatable bonds is 5. The Bertz CT molecular complexity index is 645. The quantitative estimate of drug-likeness (QED) is 0.842. The van der Waals surface area contributed by atoms with Crippen molar-refractivity contribution in [2.45, 2.75) is 32.2 Å². The molecule has 1 aromatic carbocycles. The smallest absolute Gasteiger partial charge is 0.246 e. The van der Waals surface area contributed by atoms with Gasteiger partial charge in [0.05, 0.1) is 11.4 Å². The van der Waals surface area contributed by atoms with Gasteiger partial charge < -0.3 is 15.1 Å². The number of carbonyl (C=O) groups excluding carboxylic acids is 2. The summed E-state index contributed by atoms with van der Waals surface area (Å²) in [4.78, 5) is 27.0. The van der Waals surface area contributed by atoms with E-state index in [2.05, 4.69) is 11.9 Å². The number of hydrogen-bond acceptors (Lipinski definition) is 3. The summed E-state index contributed by atoms with van der Waals surface area (Å²) in [6.45, 7) is 5.80. The molecule has 2 amide bonds. The summed E-state index contributed by atoms with van der Waals surface area (Å²) in [5.41, 5.74) is 3.20. The number of hydrogen-bond donors (Lipinski definition) is 1. The summed E-state index contributed by atoms with van der Waals surface area (Å²) in [6, 6.07) is 3.37. The van der Waals surface area contributed by atoms with Crippen molar-refractivity contribution < 1.29 is 9.59 Å². The third-order valence-electron chi connectivity index (χ3n) is 4.24. The van der Waals surface area contributed by atoms with Crippen molar-refractivity contribution in [1.29, 1.82) is 0 Å². The predicted molar refractivity (Wildman–Crippen MR) is 94.0 cm³/mol. The minimum atomic E-state index is -0.301. The first-order valence-corrected chi connectivity index (χ1v) is 7.99. The van der Waals surface area contributed by atoms with Crippen molar-refractivity contribution in [2.75, 3.05) is 23.9 Å². The van der Waals surface area contributed by atoms with Crippen LogP contribution in [0.5, 0.6) is 0 Å². The topological polar surface area (TPSA) is 52.7 Å². The Kier molecular flexibility index (Phi) is 5.31. The lowest BCUT2D eigenvalue weighted by Crippen LogP contribution is -2.48. The molecule has 1 aromatic rings. The van der Waals surface area contributed by atoms with Crippen LogP contribution >= 0.6 is 11.6 Å². The van der Waals surface area contributed by atoms with Crippen LogP contribution in [0, 0.1) is 0 Å². The van der Waals surface area contributed by atoms with Gasteiger partial charge in [0.1, 0.15) is 6.04 Å². The van der Waals surface area contributed by atoms with E-state index >= 15 is 0 Å². The number of carbonyl (C=O) groups is 2. The first-order chi connectivity index (χ1) is 10.9. The zero-order valence-electron chi connectivity index (χ0n) is 13.7. The number of nitrogens with zero attached hydrogens (tertiary/aromatic N) is 2. The number of anilines is 2. The van der Waals surface area contributed by atoms with Gasteiger partial charge in [0, 0.05) is 24.8 Å². The van der Waals surface area contributed by atoms with E-state index in [1.54, 1.807) is 7.05 Å². The molecule has 0 spiro atoms. The lowest BCUT2D eigenvalue weighted by Gasteiger charge is -2.35. The monoisotopic (exact) mass is 335 g/mol. The van der Waals surface area contributed by atoms with Crippen LogP contribution in [0.4, 0.5) is 11.4 Å². The van der Waals surface area contributed by atoms with Crippen LogP contribution < -0.4 is 15.1 Å². The van der Waals surface area contributed by atoms with Crippen LogP contribution in [0.2, 0.25) is 5.02 Å². The molecule has 5 nitrogen and oxygen atoms in total. The predicted octanol–water partition coefficient (Wildman–Crippen LogP) is 2.72. The van der Waals surface area contributed by atoms with Gasteiger partial charge in [0.2, 0.25) is 12.3 Å². The molecule has 1 unspecified atom stereocenters. The standard InChI is InChI=1S/C17H22ClN3O2/c1-5-12-13(18)7-9-14(16(12)20(3)10-22)21(4)15-8-6-11(2)19-17(15)23/h7,9-10,15H,2,5-6,8H2,1,3-4H3,(H,19,23). The maximum Gasteiger partial charge on any atom is 0.246 e. The summed E-state index contributed by atoms with van der Waals surface area (Å²) >= 11 is 6.29. The molecule has 0 saturated carbocycles. The highest BCUT2D eigenvalue weighted by atomic mass is 35.5. The number of allylic oxidation sites excluding steroid dienone is 1. The third kappa shape index (κ3) is 3.34. The van der Waals surface area contributed by atoms with Gasteiger partial charge >= 0.3 is 0 Å². The normalized spacial score (nSPS) is 17.7. The second-order valence-corrected chi connectivity index (χ2v) is 6.13. The second-order valence-electron chi connectivity index (χ2n) is 5.72. The summed E-state index contributed by atoms with van der Waals surface area (Å²) in [6.07, 6.45) is 2.88. The Morgan fingerprint density at radius 3 is 2.70 bits per heavy atom. The average Bonchev–Trinajstić information content (AvgIpc) is 2.53. The van der Waals surface area contributed by atoms with Crippen LogP contribution in [0.15, 0.2) is 24.4 Å². The zero-order chi connectivity index (χ0) is 17.1. The summed E-state index contributed by atoms with van der Waals surface area (Å²) in [7, 11) is 3.56. The maximum absolute atomic E-state index is 12.3. The highest BCUT2D eigenvalue weighted by molar-refractivity contribution is 6.32. The van der Waals surface area contributed by atoms with Gasteiger partial charge in [0.25, 0.3) is 0 Å². The van der Waals surface area contributed by atoms with Gasteiger partial charge in [0.15, 0.2) is 0 Å². The van der Waals surface area contributed by atoms with Gasteiger partial charge in [-0.15, -0.1) is 0 Å². The number of likely N-dealkylation sites (N-methyl/N-ethyl adjacent to an activating group) is 1. The van der Waals surface area contributed by atoms with Gasteiger partial charge in [-0.3, -0.25) is 9.59 Å². The molecule has 1 fully saturated rings. The van der Waals surface area contributed by atoms with Gasteiger partial charge in [-0.25, -0.2) is 0 Å². The minimum absolute atomic E-state index is 0.0727. The molecule has 6 heteroatoms. The molecule has 1 heterocycles. The SMILES string of the molecule is C=C1CCC(N(C)c2ccc(Cl)c(CC)c2N(C)C=O)C(=O)N1. The van der Waals surface area contributed by atoms with E-state index in [1.807, 2.05) is 31.0 Å². The summed E-state index contributed by atoms with van der Waals surface area (Å²) in [5.74, 6) is -0.0727. The first kappa shape index (κ1) is 17.3. The number of nitrogens with one attached hydrogen (secondary N) is 1. The Morgan fingerprint density at radius 1 is 1.43 bits per heavy atom. The molecule has 124 valence electrons. The molecule has 1 aliphatic rings. The van der Waals surface area contributed by atoms with Crippen molar-refractivity contribution in [3.05, 3.63) is 35.0 Å². The van der Waals surface area contributed by atoms with E-state index < -0.39 is 0 Å². The van der Waals surface area contributed by atoms with Crippen LogP contribution in [0.25, 0.3) is 0 Å². The number of halogens is 1. The van der Waals surface area contributed by atoms with E-state index in [4.69, 9.17) is 11.6 Å². The van der Waals surface area contributed by atoms with Gasteiger partial charge in [-0.05, 0) is 37.0 Å². The van der Waals surface area contributed by atoms with Crippen molar-refractivity contribution in [3.8, 4) is 0 Å². The lowest BCUT2D eigenvalue weighted by atomic mass is 10.0. The Morgan fingerprint density at radius 2 is 2.13 bits per heavy atom. The van der Waals surface area contributed by atoms with E-state index in [0.29, 0.717) is 17.9 Å². The van der Waals surface area contributed by atoms with Crippen molar-refractivity contribution in [1.82, 2.24) is 5.32 Å². The van der Waals surface area contributed by atoms with Crippen LogP contribution in [0.1, 0.15) is 25.3 Å². The van der Waals surface area contributed by atoms with E-state index in [-0.39, 0.29) is 11.9 Å². The number of benzene rings is 1. The Hall–Kier alpha value is -2.01. The zero-order valence-corrected chi connectivity index (χ0v) is 14.5. The summed E-state index contributed by atoms with van der Waals surface area (Å²) in [5, 5.41) is 3.42. The van der Waals surface area contributed by atoms with Crippen LogP contribution in [-0.4, -0.2) is 32.5 Å². The fraction of sp³-hybridized carbons (Fsp3) is 0.412. The second kappa shape index (κ2) is 7.04. The third-order valence-corrected chi connectivity index (χ3v) is 4.59. The van der Waals surface area contributed by atoms with Crippen LogP contribution in [-0.2, 0) is 16.0 Å². The molecule has 2 rings (SSSR count). The fourth-order valence-electron chi connectivity index (χ4n) is 2.97. The molecule has 23 heavy (non-hydrogen) atoms. The van der Waals surface area contributed by atoms with E-state index in [1.165, 1.54) is 4.90 Å². The minimum Gasteiger partial charge on any atom is -0.361 e. The molecule has 0 aliphatic carbocycles. The molecule has 1 atom stereocenters. The van der Waals surface area contributed by atoms with Crippen LogP contribution in [0.3, 0.4) is 0 Å². The Balaban J connectivity index is 2.47. The first-order valence-electron chi connectivity index (χ1n) is 7.61. The molecular formula is C17H22ClN3O2. The molecule has 1 saturated heterocycles. The number of amides is 2. The average molecular weight is 336 g/mol. The van der Waals surface area contributed by atoms with Gasteiger partial charge in [-0.1, -0.05) is 25.1 Å². The van der Waals surface area contributed by atoms with Gasteiger partial charge in [-0.2, -0.15) is 0 Å². The Labute approximate surface area is 141 Å². The molecule has 0 aromatic heterocycles. The van der Waals surface area contributed by atoms with Crippen molar-refractivity contribution in [2.24, 2.45) is 0 Å². The molecule has 0 radical (unpaired) electrons. The largest absolute Gasteiger partial charge is 0.361 e. The molecular weight excluding hydrogens is 314 g/mol. The van der Waals surface area contributed by atoms with E-state index in [0.717, 1.165) is 35.5 Å². The highest BCUT2D eigenvalue weighted by Gasteiger charge is 2.30. The number of piperidine rings is 1. The van der Waals surface area contributed by atoms with Crippen molar-refractivity contribution >= 4 is 35.3 Å². The maximum atomic E-state index is 12.3. The fourth-order valence-corrected chi connectivity index (χ4v) is 3.25. The molecule has 0 bridgehead atoms. The lowest BCUT2D eigenvalue weighted by molar-refractivity contribution is -0.122. The molecule has 1 aliphatic heterocycles. The summed E-state index contributed by atoms with van der Waals surface area (Å²) < 4.78 is 0. The molecule has 1 N–H and O–H groups in total. The van der Waals surface area contributed by atoms with E-state index in [9.17, 15) is 9.59 Å². The van der Waals surface area contributed by atoms with Crippen molar-refractivity contribution in [3.63, 3.8) is 0 Å². The highest BCUT2D eigenvalue weighted by Crippen LogP contribution is 2.38.